The van der Waals surface area contributed by atoms with Gasteiger partial charge in [-0.3, -0.25) is 0 Å². The first-order chi connectivity index (χ1) is 7.57. The van der Waals surface area contributed by atoms with E-state index < -0.39 is 0 Å². The van der Waals surface area contributed by atoms with Gasteiger partial charge in [0.25, 0.3) is 0 Å². The maximum atomic E-state index is 13.2. The molecule has 2 nitrogen and oxygen atoms in total. The lowest BCUT2D eigenvalue weighted by atomic mass is 9.81. The molecule has 0 spiro atoms. The van der Waals surface area contributed by atoms with Crippen molar-refractivity contribution in [3.63, 3.8) is 0 Å². The molecule has 0 unspecified atom stereocenters. The van der Waals surface area contributed by atoms with Crippen LogP contribution in [0.15, 0.2) is 18.2 Å². The predicted molar refractivity (Wildman–Crippen MR) is 72.6 cm³/mol. The first-order valence-corrected chi connectivity index (χ1v) is 5.92. The first kappa shape index (κ1) is 13.8. The maximum Gasteiger partial charge on any atom is 0.127 e. The Hall–Kier alpha value is -1.25. The number of anilines is 2. The van der Waals surface area contributed by atoms with Crippen LogP contribution in [0, 0.1) is 11.2 Å². The average molecular weight is 238 g/mol. The summed E-state index contributed by atoms with van der Waals surface area (Å²) in [6.07, 6.45) is 0.983. The molecular formula is C14H23FN2. The average Bonchev–Trinajstić information content (AvgIpc) is 1.93. The minimum absolute atomic E-state index is 0.0987. The number of nitrogens with two attached hydrogens (primary N) is 1. The van der Waals surface area contributed by atoms with Gasteiger partial charge in [0.15, 0.2) is 0 Å². The van der Waals surface area contributed by atoms with Crippen molar-refractivity contribution in [2.24, 2.45) is 5.41 Å². The highest BCUT2D eigenvalue weighted by molar-refractivity contribution is 5.55. The molecule has 96 valence electrons. The molecule has 1 aromatic rings. The topological polar surface area (TPSA) is 38.0 Å². The van der Waals surface area contributed by atoms with Gasteiger partial charge in [0, 0.05) is 16.9 Å². The summed E-state index contributed by atoms with van der Waals surface area (Å²) in [6.45, 7) is 10.8. The summed E-state index contributed by atoms with van der Waals surface area (Å²) in [5, 5.41) is 3.34. The van der Waals surface area contributed by atoms with E-state index in [1.807, 2.05) is 0 Å². The number of hydrogen-bond acceptors (Lipinski definition) is 2. The molecule has 0 saturated heterocycles. The Morgan fingerprint density at radius 1 is 1.12 bits per heavy atom. The molecule has 0 aliphatic rings. The van der Waals surface area contributed by atoms with Crippen LogP contribution < -0.4 is 11.1 Å². The lowest BCUT2D eigenvalue weighted by Crippen LogP contribution is -2.35. The van der Waals surface area contributed by atoms with Gasteiger partial charge >= 0.3 is 0 Å². The summed E-state index contributed by atoms with van der Waals surface area (Å²) >= 11 is 0. The van der Waals surface area contributed by atoms with Crippen LogP contribution in [0.5, 0.6) is 0 Å². The fraction of sp³-hybridized carbons (Fsp3) is 0.571. The number of halogens is 1. The summed E-state index contributed by atoms with van der Waals surface area (Å²) in [4.78, 5) is 0. The van der Waals surface area contributed by atoms with Gasteiger partial charge in [-0.15, -0.1) is 0 Å². The van der Waals surface area contributed by atoms with Gasteiger partial charge in [-0.2, -0.15) is 0 Å². The molecule has 0 saturated carbocycles. The Morgan fingerprint density at radius 3 is 2.18 bits per heavy atom. The van der Waals surface area contributed by atoms with Gasteiger partial charge in [0.05, 0.1) is 0 Å². The maximum absolute atomic E-state index is 13.2. The third-order valence-corrected chi connectivity index (χ3v) is 2.38. The summed E-state index contributed by atoms with van der Waals surface area (Å²) in [5.41, 5.74) is 6.92. The van der Waals surface area contributed by atoms with Crippen LogP contribution in [0.3, 0.4) is 0 Å². The van der Waals surface area contributed by atoms with Crippen LogP contribution in [0.25, 0.3) is 0 Å². The molecule has 1 rings (SSSR count). The Balaban J connectivity index is 2.82. The van der Waals surface area contributed by atoms with E-state index in [2.05, 4.69) is 39.9 Å². The molecule has 0 heterocycles. The monoisotopic (exact) mass is 238 g/mol. The highest BCUT2D eigenvalue weighted by Gasteiger charge is 2.25. The van der Waals surface area contributed by atoms with Crippen LogP contribution in [0.2, 0.25) is 0 Å². The molecule has 17 heavy (non-hydrogen) atoms. The number of rotatable bonds is 3. The van der Waals surface area contributed by atoms with Crippen LogP contribution in [-0.4, -0.2) is 5.54 Å². The van der Waals surface area contributed by atoms with Crippen molar-refractivity contribution >= 4 is 11.4 Å². The second-order valence-electron chi connectivity index (χ2n) is 6.52. The zero-order valence-corrected chi connectivity index (χ0v) is 11.4. The third-order valence-electron chi connectivity index (χ3n) is 2.38. The van der Waals surface area contributed by atoms with E-state index in [0.717, 1.165) is 12.1 Å². The molecule has 0 bridgehead atoms. The van der Waals surface area contributed by atoms with Gasteiger partial charge in [0.1, 0.15) is 5.82 Å². The fourth-order valence-electron chi connectivity index (χ4n) is 2.45. The zero-order valence-electron chi connectivity index (χ0n) is 11.4. The normalized spacial score (nSPS) is 12.6. The first-order valence-electron chi connectivity index (χ1n) is 5.92. The van der Waals surface area contributed by atoms with Crippen molar-refractivity contribution in [3.05, 3.63) is 24.0 Å². The van der Waals surface area contributed by atoms with Gasteiger partial charge in [-0.25, -0.2) is 4.39 Å². The third kappa shape index (κ3) is 5.07. The lowest BCUT2D eigenvalue weighted by Gasteiger charge is -2.34. The SMILES string of the molecule is CC(C)(C)CC(C)(C)Nc1cc(N)cc(F)c1. The molecule has 0 amide bonds. The van der Waals surface area contributed by atoms with Gasteiger partial charge in [0.2, 0.25) is 0 Å². The van der Waals surface area contributed by atoms with Crippen LogP contribution in [0.1, 0.15) is 41.0 Å². The van der Waals surface area contributed by atoms with Gasteiger partial charge < -0.3 is 11.1 Å². The Labute approximate surface area is 103 Å². The molecule has 0 radical (unpaired) electrons. The summed E-state index contributed by atoms with van der Waals surface area (Å²) in [7, 11) is 0. The van der Waals surface area contributed by atoms with E-state index in [1.54, 1.807) is 6.07 Å². The molecule has 0 aliphatic carbocycles. The predicted octanol–water partition coefficient (Wildman–Crippen LogP) is 4.03. The fourth-order valence-corrected chi connectivity index (χ4v) is 2.45. The molecule has 1 aromatic carbocycles. The summed E-state index contributed by atoms with van der Waals surface area (Å²) in [5.74, 6) is -0.306. The highest BCUT2D eigenvalue weighted by atomic mass is 19.1. The molecule has 0 aromatic heterocycles. The van der Waals surface area contributed by atoms with E-state index in [9.17, 15) is 4.39 Å². The number of hydrogen-bond donors (Lipinski definition) is 2. The van der Waals surface area contributed by atoms with Crippen molar-refractivity contribution in [3.8, 4) is 0 Å². The van der Waals surface area contributed by atoms with Crippen molar-refractivity contribution in [2.45, 2.75) is 46.6 Å². The minimum Gasteiger partial charge on any atom is -0.399 e. The van der Waals surface area contributed by atoms with Crippen molar-refractivity contribution in [2.75, 3.05) is 11.1 Å². The van der Waals surface area contributed by atoms with Crippen LogP contribution >= 0.6 is 0 Å². The Kier molecular flexibility index (Phi) is 3.70. The van der Waals surface area contributed by atoms with E-state index in [0.29, 0.717) is 5.69 Å². The quantitative estimate of drug-likeness (QED) is 0.780. The van der Waals surface area contributed by atoms with E-state index in [1.165, 1.54) is 12.1 Å². The number of nitrogens with one attached hydrogen (secondary N) is 1. The smallest absolute Gasteiger partial charge is 0.127 e. The van der Waals surface area contributed by atoms with E-state index in [-0.39, 0.29) is 16.8 Å². The molecule has 0 aliphatic heterocycles. The molecular weight excluding hydrogens is 215 g/mol. The highest BCUT2D eigenvalue weighted by Crippen LogP contribution is 2.30. The van der Waals surface area contributed by atoms with Crippen molar-refractivity contribution < 1.29 is 4.39 Å². The Bertz CT molecular complexity index is 371. The standard InChI is InChI=1S/C14H23FN2/c1-13(2,3)9-14(4,5)17-12-7-10(15)6-11(16)8-12/h6-8,17H,9,16H2,1-5H3. The van der Waals surface area contributed by atoms with Gasteiger partial charge in [-0.1, -0.05) is 20.8 Å². The van der Waals surface area contributed by atoms with Crippen molar-refractivity contribution in [1.29, 1.82) is 0 Å². The zero-order chi connectivity index (χ0) is 13.3. The second kappa shape index (κ2) is 4.55. The van der Waals surface area contributed by atoms with Crippen molar-refractivity contribution in [1.82, 2.24) is 0 Å². The van der Waals surface area contributed by atoms with Crippen LogP contribution in [-0.2, 0) is 0 Å². The molecule has 0 atom stereocenters. The summed E-state index contributed by atoms with van der Waals surface area (Å²) in [6, 6.07) is 4.55. The molecule has 3 heteroatoms. The summed E-state index contributed by atoms with van der Waals surface area (Å²) < 4.78 is 13.2. The number of nitrogen functional groups attached to an aromatic ring is 1. The Morgan fingerprint density at radius 2 is 1.71 bits per heavy atom. The van der Waals surface area contributed by atoms with Gasteiger partial charge in [-0.05, 0) is 43.9 Å². The largest absolute Gasteiger partial charge is 0.399 e. The van der Waals surface area contributed by atoms with E-state index >= 15 is 0 Å². The molecule has 3 N–H and O–H groups in total. The minimum atomic E-state index is -0.306. The number of benzene rings is 1. The van der Waals surface area contributed by atoms with E-state index in [4.69, 9.17) is 5.73 Å². The second-order valence-corrected chi connectivity index (χ2v) is 6.52. The molecule has 0 fully saturated rings. The lowest BCUT2D eigenvalue weighted by molar-refractivity contribution is 0.302. The van der Waals surface area contributed by atoms with Crippen LogP contribution in [0.4, 0.5) is 15.8 Å².